The van der Waals surface area contributed by atoms with Gasteiger partial charge >= 0.3 is 0 Å². The standard InChI is InChI=1S/C12H17BrN2O2/c1-17-7-3-6-14-9-12(16)15-11-5-2-4-10(13)8-11/h2,4-5,8,14H,3,6-7,9H2,1H3,(H,15,16). The van der Waals surface area contributed by atoms with Crippen molar-refractivity contribution in [3.05, 3.63) is 28.7 Å². The molecule has 0 atom stereocenters. The molecule has 0 aliphatic rings. The molecule has 0 heterocycles. The molecular formula is C12H17BrN2O2. The Hall–Kier alpha value is -0.910. The number of methoxy groups -OCH3 is 1. The minimum Gasteiger partial charge on any atom is -0.385 e. The molecule has 0 saturated carbocycles. The third kappa shape index (κ3) is 6.41. The largest absolute Gasteiger partial charge is 0.385 e. The normalized spacial score (nSPS) is 10.2. The van der Waals surface area contributed by atoms with Crippen molar-refractivity contribution in [2.24, 2.45) is 0 Å². The Balaban J connectivity index is 2.21. The Morgan fingerprint density at radius 3 is 3.00 bits per heavy atom. The molecule has 0 aromatic heterocycles. The van der Waals surface area contributed by atoms with Crippen LogP contribution in [-0.2, 0) is 9.53 Å². The van der Waals surface area contributed by atoms with Crippen molar-refractivity contribution in [3.8, 4) is 0 Å². The molecule has 2 N–H and O–H groups in total. The molecule has 17 heavy (non-hydrogen) atoms. The van der Waals surface area contributed by atoms with Crippen LogP contribution in [0.15, 0.2) is 28.7 Å². The van der Waals surface area contributed by atoms with Gasteiger partial charge in [-0.05, 0) is 31.2 Å². The minimum atomic E-state index is -0.0412. The molecule has 0 fully saturated rings. The number of halogens is 1. The molecule has 0 radical (unpaired) electrons. The van der Waals surface area contributed by atoms with Gasteiger partial charge in [0.05, 0.1) is 6.54 Å². The first-order chi connectivity index (χ1) is 8.22. The van der Waals surface area contributed by atoms with Crippen LogP contribution < -0.4 is 10.6 Å². The van der Waals surface area contributed by atoms with Gasteiger partial charge in [0.25, 0.3) is 0 Å². The Morgan fingerprint density at radius 1 is 1.47 bits per heavy atom. The van der Waals surface area contributed by atoms with E-state index in [0.717, 1.165) is 23.1 Å². The summed E-state index contributed by atoms with van der Waals surface area (Å²) in [6, 6.07) is 7.51. The summed E-state index contributed by atoms with van der Waals surface area (Å²) >= 11 is 3.35. The SMILES string of the molecule is COCCCNCC(=O)Nc1cccc(Br)c1. The second-order valence-corrected chi connectivity index (χ2v) is 4.50. The van der Waals surface area contributed by atoms with Gasteiger partial charge in [-0.15, -0.1) is 0 Å². The van der Waals surface area contributed by atoms with Gasteiger partial charge in [-0.3, -0.25) is 4.79 Å². The minimum absolute atomic E-state index is 0.0412. The van der Waals surface area contributed by atoms with Gasteiger partial charge in [0.2, 0.25) is 5.91 Å². The monoisotopic (exact) mass is 300 g/mol. The fraction of sp³-hybridized carbons (Fsp3) is 0.417. The van der Waals surface area contributed by atoms with Crippen molar-refractivity contribution in [3.63, 3.8) is 0 Å². The zero-order valence-corrected chi connectivity index (χ0v) is 11.4. The van der Waals surface area contributed by atoms with Gasteiger partial charge in [-0.25, -0.2) is 0 Å². The van der Waals surface area contributed by atoms with Gasteiger partial charge in [-0.1, -0.05) is 22.0 Å². The molecule has 94 valence electrons. The van der Waals surface area contributed by atoms with Gasteiger partial charge in [0, 0.05) is 23.9 Å². The average Bonchev–Trinajstić information content (AvgIpc) is 2.29. The van der Waals surface area contributed by atoms with Crippen LogP contribution in [0.3, 0.4) is 0 Å². The average molecular weight is 301 g/mol. The van der Waals surface area contributed by atoms with E-state index < -0.39 is 0 Å². The van der Waals surface area contributed by atoms with Gasteiger partial charge in [0.15, 0.2) is 0 Å². The summed E-state index contributed by atoms with van der Waals surface area (Å²) in [5, 5.41) is 5.86. The molecule has 5 heteroatoms. The van der Waals surface area contributed by atoms with Crippen molar-refractivity contribution >= 4 is 27.5 Å². The van der Waals surface area contributed by atoms with Crippen LogP contribution in [0.2, 0.25) is 0 Å². The summed E-state index contributed by atoms with van der Waals surface area (Å²) < 4.78 is 5.86. The molecular weight excluding hydrogens is 284 g/mol. The summed E-state index contributed by atoms with van der Waals surface area (Å²) in [5.41, 5.74) is 0.795. The predicted molar refractivity (Wildman–Crippen MR) is 72.1 cm³/mol. The Labute approximate surface area is 110 Å². The zero-order chi connectivity index (χ0) is 12.5. The molecule has 0 saturated heterocycles. The first-order valence-electron chi connectivity index (χ1n) is 5.47. The van der Waals surface area contributed by atoms with Gasteiger partial charge < -0.3 is 15.4 Å². The predicted octanol–water partition coefficient (Wildman–Crippen LogP) is 2.01. The van der Waals surface area contributed by atoms with E-state index in [2.05, 4.69) is 26.6 Å². The van der Waals surface area contributed by atoms with Crippen molar-refractivity contribution in [2.75, 3.05) is 32.1 Å². The molecule has 1 amide bonds. The van der Waals surface area contributed by atoms with E-state index in [9.17, 15) is 4.79 Å². The maximum Gasteiger partial charge on any atom is 0.238 e. The molecule has 0 unspecified atom stereocenters. The number of rotatable bonds is 7. The highest BCUT2D eigenvalue weighted by Gasteiger charge is 2.01. The summed E-state index contributed by atoms with van der Waals surface area (Å²) in [7, 11) is 1.67. The van der Waals surface area contributed by atoms with Crippen LogP contribution in [0.4, 0.5) is 5.69 Å². The van der Waals surface area contributed by atoms with E-state index in [4.69, 9.17) is 4.74 Å². The summed E-state index contributed by atoms with van der Waals surface area (Å²) in [5.74, 6) is -0.0412. The van der Waals surface area contributed by atoms with Crippen molar-refractivity contribution in [1.29, 1.82) is 0 Å². The summed E-state index contributed by atoms with van der Waals surface area (Å²) in [6.45, 7) is 1.80. The third-order valence-electron chi connectivity index (χ3n) is 2.10. The summed E-state index contributed by atoms with van der Waals surface area (Å²) in [4.78, 5) is 11.5. The Bertz CT molecular complexity index is 358. The lowest BCUT2D eigenvalue weighted by Gasteiger charge is -2.06. The topological polar surface area (TPSA) is 50.4 Å². The smallest absolute Gasteiger partial charge is 0.238 e. The van der Waals surface area contributed by atoms with Crippen molar-refractivity contribution < 1.29 is 9.53 Å². The van der Waals surface area contributed by atoms with Crippen molar-refractivity contribution in [2.45, 2.75) is 6.42 Å². The van der Waals surface area contributed by atoms with Crippen LogP contribution in [0, 0.1) is 0 Å². The number of hydrogen-bond acceptors (Lipinski definition) is 3. The van der Waals surface area contributed by atoms with E-state index in [1.165, 1.54) is 0 Å². The van der Waals surface area contributed by atoms with E-state index in [-0.39, 0.29) is 5.91 Å². The molecule has 0 aliphatic carbocycles. The van der Waals surface area contributed by atoms with E-state index in [0.29, 0.717) is 13.2 Å². The number of benzene rings is 1. The fourth-order valence-electron chi connectivity index (χ4n) is 1.31. The van der Waals surface area contributed by atoms with Gasteiger partial charge in [0.1, 0.15) is 0 Å². The lowest BCUT2D eigenvalue weighted by molar-refractivity contribution is -0.115. The van der Waals surface area contributed by atoms with Crippen LogP contribution in [0.5, 0.6) is 0 Å². The quantitative estimate of drug-likeness (QED) is 0.758. The molecule has 0 spiro atoms. The second-order valence-electron chi connectivity index (χ2n) is 3.58. The maximum absolute atomic E-state index is 11.5. The lowest BCUT2D eigenvalue weighted by atomic mass is 10.3. The van der Waals surface area contributed by atoms with E-state index >= 15 is 0 Å². The van der Waals surface area contributed by atoms with E-state index in [1.807, 2.05) is 24.3 Å². The van der Waals surface area contributed by atoms with Crippen LogP contribution in [0.25, 0.3) is 0 Å². The first-order valence-corrected chi connectivity index (χ1v) is 6.27. The number of ether oxygens (including phenoxy) is 1. The van der Waals surface area contributed by atoms with Crippen LogP contribution in [-0.4, -0.2) is 32.7 Å². The van der Waals surface area contributed by atoms with Crippen LogP contribution >= 0.6 is 15.9 Å². The molecule has 1 rings (SSSR count). The molecule has 1 aromatic carbocycles. The number of carbonyl (C=O) groups is 1. The number of amides is 1. The highest BCUT2D eigenvalue weighted by atomic mass is 79.9. The molecule has 4 nitrogen and oxygen atoms in total. The third-order valence-corrected chi connectivity index (χ3v) is 2.59. The fourth-order valence-corrected chi connectivity index (χ4v) is 1.71. The van der Waals surface area contributed by atoms with Crippen LogP contribution in [0.1, 0.15) is 6.42 Å². The second kappa shape index (κ2) is 8.22. The molecule has 1 aromatic rings. The Morgan fingerprint density at radius 2 is 2.29 bits per heavy atom. The number of hydrogen-bond donors (Lipinski definition) is 2. The number of anilines is 1. The zero-order valence-electron chi connectivity index (χ0n) is 9.83. The Kier molecular flexibility index (Phi) is 6.84. The first kappa shape index (κ1) is 14.2. The number of carbonyl (C=O) groups excluding carboxylic acids is 1. The van der Waals surface area contributed by atoms with E-state index in [1.54, 1.807) is 7.11 Å². The molecule has 0 aliphatic heterocycles. The number of nitrogens with one attached hydrogen (secondary N) is 2. The summed E-state index contributed by atoms with van der Waals surface area (Å²) in [6.07, 6.45) is 0.903. The van der Waals surface area contributed by atoms with Crippen molar-refractivity contribution in [1.82, 2.24) is 5.32 Å². The highest BCUT2D eigenvalue weighted by Crippen LogP contribution is 2.15. The molecule has 0 bridgehead atoms. The van der Waals surface area contributed by atoms with Gasteiger partial charge in [-0.2, -0.15) is 0 Å². The lowest BCUT2D eigenvalue weighted by Crippen LogP contribution is -2.29. The highest BCUT2D eigenvalue weighted by molar-refractivity contribution is 9.10. The maximum atomic E-state index is 11.5.